The number of aliphatic hydroxyl groups is 2. The zero-order chi connectivity index (χ0) is 18.5. The fourth-order valence-electron chi connectivity index (χ4n) is 2.63. The van der Waals surface area contributed by atoms with E-state index in [1.165, 1.54) is 0 Å². The van der Waals surface area contributed by atoms with Gasteiger partial charge in [-0.1, -0.05) is 13.8 Å². The Morgan fingerprint density at radius 1 is 1.08 bits per heavy atom. The van der Waals surface area contributed by atoms with Gasteiger partial charge in [-0.15, -0.1) is 0 Å². The van der Waals surface area contributed by atoms with Crippen molar-refractivity contribution in [1.82, 2.24) is 0 Å². The first-order valence-electron chi connectivity index (χ1n) is 7.90. The van der Waals surface area contributed by atoms with E-state index in [0.717, 1.165) is 0 Å². The molecule has 2 aliphatic rings. The van der Waals surface area contributed by atoms with E-state index in [2.05, 4.69) is 9.98 Å². The SMILES string of the molecule is CC(C)C1OC(C(C)(C)C2=NC(CO)C(C)O2)=NC1CO.[Cl][Zr][Cl]. The molecule has 0 aromatic rings. The van der Waals surface area contributed by atoms with Crippen molar-refractivity contribution < 1.29 is 40.5 Å². The van der Waals surface area contributed by atoms with Gasteiger partial charge < -0.3 is 19.7 Å². The van der Waals surface area contributed by atoms with Crippen molar-refractivity contribution in [2.75, 3.05) is 13.2 Å². The van der Waals surface area contributed by atoms with Crippen molar-refractivity contribution in [3.05, 3.63) is 0 Å². The summed E-state index contributed by atoms with van der Waals surface area (Å²) in [5, 5.41) is 18.8. The standard InChI is InChI=1S/C15H26N2O4.2ClH.Zr/c1-8(2)12-11(7-19)17-14(21-12)15(4,5)13-16-10(6-18)9(3)20-13;;;/h8-12,18-19H,6-7H2,1-5H3;2*1H;/q;;;+2/p-2. The van der Waals surface area contributed by atoms with E-state index in [-0.39, 0.29) is 43.4 Å². The summed E-state index contributed by atoms with van der Waals surface area (Å²) < 4.78 is 11.7. The Balaban J connectivity index is 0.000000891. The van der Waals surface area contributed by atoms with Crippen LogP contribution in [0.1, 0.15) is 34.6 Å². The Kier molecular flexibility index (Phi) is 9.19. The molecule has 9 heteroatoms. The van der Waals surface area contributed by atoms with Crippen molar-refractivity contribution in [2.45, 2.75) is 58.9 Å². The Bertz CT molecular complexity index is 474. The van der Waals surface area contributed by atoms with Gasteiger partial charge in [-0.25, -0.2) is 9.98 Å². The topological polar surface area (TPSA) is 83.6 Å². The van der Waals surface area contributed by atoms with Gasteiger partial charge in [0.2, 0.25) is 0 Å². The van der Waals surface area contributed by atoms with E-state index >= 15 is 0 Å². The molecule has 0 saturated heterocycles. The van der Waals surface area contributed by atoms with E-state index in [1.807, 2.05) is 34.6 Å². The van der Waals surface area contributed by atoms with Crippen LogP contribution >= 0.6 is 17.0 Å². The quantitative estimate of drug-likeness (QED) is 0.660. The molecule has 0 spiro atoms. The zero-order valence-electron chi connectivity index (χ0n) is 14.7. The fraction of sp³-hybridized carbons (Fsp3) is 0.867. The predicted molar refractivity (Wildman–Crippen MR) is 92.4 cm³/mol. The van der Waals surface area contributed by atoms with Gasteiger partial charge >= 0.3 is 37.9 Å². The van der Waals surface area contributed by atoms with Gasteiger partial charge in [-0.05, 0) is 26.7 Å². The Hall–Kier alpha value is 0.323. The van der Waals surface area contributed by atoms with E-state index in [4.69, 9.17) is 26.5 Å². The summed E-state index contributed by atoms with van der Waals surface area (Å²) in [6, 6.07) is -0.483. The van der Waals surface area contributed by atoms with Gasteiger partial charge in [-0.2, -0.15) is 0 Å². The first-order chi connectivity index (χ1) is 11.2. The second kappa shape index (κ2) is 9.87. The van der Waals surface area contributed by atoms with E-state index in [1.54, 1.807) is 0 Å². The van der Waals surface area contributed by atoms with E-state index in [9.17, 15) is 10.2 Å². The molecule has 2 aliphatic heterocycles. The van der Waals surface area contributed by atoms with Crippen molar-refractivity contribution in [3.8, 4) is 0 Å². The maximum absolute atomic E-state index is 9.47. The van der Waals surface area contributed by atoms with Crippen LogP contribution in [0.5, 0.6) is 0 Å². The molecule has 2 rings (SSSR count). The number of halogens is 2. The number of aliphatic hydroxyl groups excluding tert-OH is 2. The fourth-order valence-corrected chi connectivity index (χ4v) is 2.63. The van der Waals surface area contributed by atoms with Crippen LogP contribution in [-0.2, 0) is 30.3 Å². The monoisotopic (exact) mass is 458 g/mol. The average Bonchev–Trinajstić information content (AvgIpc) is 3.11. The molecule has 4 unspecified atom stereocenters. The van der Waals surface area contributed by atoms with Crippen molar-refractivity contribution in [2.24, 2.45) is 21.3 Å². The maximum atomic E-state index is 9.47. The molecule has 138 valence electrons. The van der Waals surface area contributed by atoms with Crippen molar-refractivity contribution in [3.63, 3.8) is 0 Å². The zero-order valence-corrected chi connectivity index (χ0v) is 18.6. The molecule has 4 atom stereocenters. The van der Waals surface area contributed by atoms with Gasteiger partial charge in [0.05, 0.1) is 13.2 Å². The molecule has 24 heavy (non-hydrogen) atoms. The van der Waals surface area contributed by atoms with Gasteiger partial charge in [0.1, 0.15) is 29.7 Å². The summed E-state index contributed by atoms with van der Waals surface area (Å²) in [7, 11) is 9.87. The van der Waals surface area contributed by atoms with Crippen molar-refractivity contribution >= 4 is 28.8 Å². The number of nitrogens with zero attached hydrogens (tertiary/aromatic N) is 2. The number of hydrogen-bond donors (Lipinski definition) is 2. The minimum atomic E-state index is -0.826. The molecule has 0 aromatic carbocycles. The molecule has 0 radical (unpaired) electrons. The van der Waals surface area contributed by atoms with Crippen molar-refractivity contribution in [1.29, 1.82) is 0 Å². The molecular weight excluding hydrogens is 434 g/mol. The summed E-state index contributed by atoms with van der Waals surface area (Å²) in [4.78, 5) is 8.97. The average molecular weight is 461 g/mol. The Morgan fingerprint density at radius 3 is 1.92 bits per heavy atom. The van der Waals surface area contributed by atoms with Crippen LogP contribution < -0.4 is 0 Å². The molecule has 0 aliphatic carbocycles. The summed E-state index contributed by atoms with van der Waals surface area (Å²) in [5.41, 5.74) is -0.602. The second-order valence-corrected chi connectivity index (χ2v) is 10.4. The third-order valence-corrected chi connectivity index (χ3v) is 4.13. The number of ether oxygens (including phenoxy) is 2. The summed E-state index contributed by atoms with van der Waals surface area (Å²) in [5.74, 6) is 1.34. The van der Waals surface area contributed by atoms with Gasteiger partial charge in [0.25, 0.3) is 0 Å². The number of hydrogen-bond acceptors (Lipinski definition) is 6. The Morgan fingerprint density at radius 2 is 1.54 bits per heavy atom. The predicted octanol–water partition coefficient (Wildman–Crippen LogP) is 2.38. The van der Waals surface area contributed by atoms with Crippen LogP contribution in [0, 0.1) is 11.3 Å². The van der Waals surface area contributed by atoms with Crippen LogP contribution in [0.4, 0.5) is 0 Å². The summed E-state index contributed by atoms with van der Waals surface area (Å²) in [6.07, 6.45) is -0.279. The van der Waals surface area contributed by atoms with Gasteiger partial charge in [0, 0.05) is 0 Å². The molecule has 0 fully saturated rings. The van der Waals surface area contributed by atoms with Crippen LogP contribution in [0.25, 0.3) is 0 Å². The van der Waals surface area contributed by atoms with Crippen LogP contribution in [0.3, 0.4) is 0 Å². The molecule has 0 aromatic heterocycles. The third kappa shape index (κ3) is 5.17. The molecule has 0 amide bonds. The molecule has 2 heterocycles. The van der Waals surface area contributed by atoms with Gasteiger partial charge in [-0.3, -0.25) is 0 Å². The first kappa shape index (κ1) is 22.4. The van der Waals surface area contributed by atoms with Crippen LogP contribution in [-0.4, -0.2) is 59.5 Å². The molecule has 0 saturated carbocycles. The first-order valence-corrected chi connectivity index (χ1v) is 14.2. The van der Waals surface area contributed by atoms with Crippen LogP contribution in [0.2, 0.25) is 0 Å². The normalized spacial score (nSPS) is 29.2. The Labute approximate surface area is 162 Å². The molecule has 0 bridgehead atoms. The number of aliphatic imine (C=N–C) groups is 2. The summed E-state index contributed by atoms with van der Waals surface area (Å²) in [6.45, 7) is 9.78. The molecule has 2 N–H and O–H groups in total. The van der Waals surface area contributed by atoms with E-state index in [0.29, 0.717) is 11.8 Å². The van der Waals surface area contributed by atoms with Crippen LogP contribution in [0.15, 0.2) is 9.98 Å². The minimum absolute atomic E-state index is 0.0363. The second-order valence-electron chi connectivity index (χ2n) is 6.71. The molecular formula is C15H26Cl2N2O4Zr. The molecule has 6 nitrogen and oxygen atoms in total. The van der Waals surface area contributed by atoms with Gasteiger partial charge in [0.15, 0.2) is 11.8 Å². The summed E-state index contributed by atoms with van der Waals surface area (Å²) >= 11 is -0.826. The number of rotatable bonds is 5. The third-order valence-electron chi connectivity index (χ3n) is 4.13. The van der Waals surface area contributed by atoms with E-state index < -0.39 is 26.3 Å².